The number of aromatic amines is 1. The Morgan fingerprint density at radius 2 is 1.89 bits per heavy atom. The van der Waals surface area contributed by atoms with E-state index in [1.54, 1.807) is 24.4 Å². The quantitative estimate of drug-likeness (QED) is 0.668. The molecule has 4 nitrogen and oxygen atoms in total. The summed E-state index contributed by atoms with van der Waals surface area (Å²) in [5.41, 5.74) is 5.70. The maximum Gasteiger partial charge on any atom is 0.255 e. The molecule has 28 heavy (non-hydrogen) atoms. The van der Waals surface area contributed by atoms with Crippen LogP contribution in [0.4, 0.5) is 8.78 Å². The minimum absolute atomic E-state index is 0.128. The highest BCUT2D eigenvalue weighted by Gasteiger charge is 2.36. The van der Waals surface area contributed by atoms with E-state index < -0.39 is 17.2 Å². The molecule has 0 saturated heterocycles. The van der Waals surface area contributed by atoms with Gasteiger partial charge in [0.2, 0.25) is 0 Å². The number of nitrogens with one attached hydrogen (secondary N) is 1. The number of aromatic nitrogens is 1. The van der Waals surface area contributed by atoms with Gasteiger partial charge in [0.15, 0.2) is 0 Å². The lowest BCUT2D eigenvalue weighted by Gasteiger charge is -2.37. The third-order valence-corrected chi connectivity index (χ3v) is 5.71. The highest BCUT2D eigenvalue weighted by molar-refractivity contribution is 6.32. The maximum atomic E-state index is 14.2. The molecule has 0 amide bonds. The largest absolute Gasteiger partial charge is 0.489 e. The Morgan fingerprint density at radius 3 is 2.61 bits per heavy atom. The first kappa shape index (κ1) is 18.9. The molecule has 2 aromatic carbocycles. The van der Waals surface area contributed by atoms with Gasteiger partial charge in [-0.3, -0.25) is 4.79 Å². The lowest BCUT2D eigenvalue weighted by molar-refractivity contribution is 0.116. The number of pyridine rings is 1. The third-order valence-electron chi connectivity index (χ3n) is 5.41. The number of nitrogens with two attached hydrogens (primary N) is 1. The van der Waals surface area contributed by atoms with Gasteiger partial charge in [-0.1, -0.05) is 17.7 Å². The first-order valence-electron chi connectivity index (χ1n) is 9.08. The molecule has 0 spiro atoms. The van der Waals surface area contributed by atoms with E-state index in [4.69, 9.17) is 22.1 Å². The smallest absolute Gasteiger partial charge is 0.255 e. The van der Waals surface area contributed by atoms with E-state index in [1.165, 1.54) is 12.1 Å². The first-order chi connectivity index (χ1) is 13.4. The molecule has 1 heterocycles. The Labute approximate surface area is 165 Å². The minimum Gasteiger partial charge on any atom is -0.489 e. The number of halogens is 3. The van der Waals surface area contributed by atoms with Crippen LogP contribution in [0, 0.1) is 11.6 Å². The fourth-order valence-corrected chi connectivity index (χ4v) is 4.05. The molecule has 0 radical (unpaired) electrons. The highest BCUT2D eigenvalue weighted by atomic mass is 35.5. The van der Waals surface area contributed by atoms with Gasteiger partial charge in [0, 0.05) is 28.8 Å². The average Bonchev–Trinajstić information content (AvgIpc) is 2.65. The molecular formula is C21H19ClF2N2O2. The SMILES string of the molecule is NC1(c2ccc(F)cc2F)CCC(Oc2cc3cc[nH]c(=O)c3cc2Cl)CC1. The Balaban J connectivity index is 1.51. The van der Waals surface area contributed by atoms with E-state index in [0.717, 1.165) is 11.5 Å². The lowest BCUT2D eigenvalue weighted by Crippen LogP contribution is -2.43. The van der Waals surface area contributed by atoms with Crippen molar-refractivity contribution in [2.24, 2.45) is 5.73 Å². The van der Waals surface area contributed by atoms with Crippen molar-refractivity contribution in [1.82, 2.24) is 4.98 Å². The maximum absolute atomic E-state index is 14.2. The summed E-state index contributed by atoms with van der Waals surface area (Å²) < 4.78 is 33.4. The van der Waals surface area contributed by atoms with Crippen molar-refractivity contribution in [3.05, 3.63) is 75.2 Å². The summed E-state index contributed by atoms with van der Waals surface area (Å²) in [5, 5.41) is 1.59. The van der Waals surface area contributed by atoms with Crippen LogP contribution in [-0.4, -0.2) is 11.1 Å². The summed E-state index contributed by atoms with van der Waals surface area (Å²) in [5.74, 6) is -0.737. The molecule has 1 aliphatic carbocycles. The number of H-pyrrole nitrogens is 1. The van der Waals surface area contributed by atoms with Gasteiger partial charge in [-0.05, 0) is 55.3 Å². The summed E-state index contributed by atoms with van der Waals surface area (Å²) in [4.78, 5) is 14.5. The summed E-state index contributed by atoms with van der Waals surface area (Å²) in [6.45, 7) is 0. The van der Waals surface area contributed by atoms with Gasteiger partial charge in [0.05, 0.1) is 11.1 Å². The molecule has 0 unspecified atom stereocenters. The van der Waals surface area contributed by atoms with Crippen LogP contribution >= 0.6 is 11.6 Å². The number of ether oxygens (including phenoxy) is 1. The molecule has 3 aromatic rings. The second-order valence-electron chi connectivity index (χ2n) is 7.27. The van der Waals surface area contributed by atoms with Crippen LogP contribution in [0.5, 0.6) is 5.75 Å². The van der Waals surface area contributed by atoms with Crippen LogP contribution in [0.2, 0.25) is 5.02 Å². The molecule has 1 aromatic heterocycles. The predicted octanol–water partition coefficient (Wildman–Crippen LogP) is 4.64. The molecule has 0 atom stereocenters. The molecule has 4 rings (SSSR count). The lowest BCUT2D eigenvalue weighted by atomic mass is 9.76. The predicted molar refractivity (Wildman–Crippen MR) is 105 cm³/mol. The van der Waals surface area contributed by atoms with Crippen LogP contribution in [0.1, 0.15) is 31.2 Å². The van der Waals surface area contributed by atoms with Crippen LogP contribution < -0.4 is 16.0 Å². The van der Waals surface area contributed by atoms with Crippen molar-refractivity contribution in [3.63, 3.8) is 0 Å². The van der Waals surface area contributed by atoms with Gasteiger partial charge in [0.25, 0.3) is 5.56 Å². The van der Waals surface area contributed by atoms with Crippen molar-refractivity contribution in [2.75, 3.05) is 0 Å². The van der Waals surface area contributed by atoms with Crippen molar-refractivity contribution < 1.29 is 13.5 Å². The van der Waals surface area contributed by atoms with E-state index in [-0.39, 0.29) is 11.7 Å². The highest BCUT2D eigenvalue weighted by Crippen LogP contribution is 2.39. The molecule has 0 aliphatic heterocycles. The topological polar surface area (TPSA) is 68.1 Å². The minimum atomic E-state index is -0.849. The summed E-state index contributed by atoms with van der Waals surface area (Å²) in [6.07, 6.45) is 3.67. The number of benzene rings is 2. The first-order valence-corrected chi connectivity index (χ1v) is 9.45. The molecule has 0 bridgehead atoms. The van der Waals surface area contributed by atoms with Gasteiger partial charge in [-0.2, -0.15) is 0 Å². The second-order valence-corrected chi connectivity index (χ2v) is 7.68. The second kappa shape index (κ2) is 7.18. The number of hydrogen-bond donors (Lipinski definition) is 2. The average molecular weight is 405 g/mol. The van der Waals surface area contributed by atoms with Crippen molar-refractivity contribution >= 4 is 22.4 Å². The summed E-state index contributed by atoms with van der Waals surface area (Å²) in [7, 11) is 0. The van der Waals surface area contributed by atoms with Crippen LogP contribution in [0.3, 0.4) is 0 Å². The van der Waals surface area contributed by atoms with Crippen molar-refractivity contribution in [1.29, 1.82) is 0 Å². The van der Waals surface area contributed by atoms with E-state index in [0.29, 0.717) is 47.4 Å². The molecule has 146 valence electrons. The van der Waals surface area contributed by atoms with Gasteiger partial charge in [-0.15, -0.1) is 0 Å². The molecule has 1 aliphatic rings. The van der Waals surface area contributed by atoms with Crippen LogP contribution in [0.25, 0.3) is 10.8 Å². The van der Waals surface area contributed by atoms with Gasteiger partial charge in [0.1, 0.15) is 17.4 Å². The van der Waals surface area contributed by atoms with E-state index in [9.17, 15) is 13.6 Å². The molecule has 3 N–H and O–H groups in total. The van der Waals surface area contributed by atoms with E-state index in [1.807, 2.05) is 0 Å². The number of fused-ring (bicyclic) bond motifs is 1. The zero-order valence-electron chi connectivity index (χ0n) is 15.0. The third kappa shape index (κ3) is 3.50. The summed E-state index contributed by atoms with van der Waals surface area (Å²) >= 11 is 6.29. The normalized spacial score (nSPS) is 22.4. The van der Waals surface area contributed by atoms with Gasteiger partial charge in [-0.25, -0.2) is 8.78 Å². The molecule has 7 heteroatoms. The molecular weight excluding hydrogens is 386 g/mol. The van der Waals surface area contributed by atoms with Crippen LogP contribution in [0.15, 0.2) is 47.4 Å². The standard InChI is InChI=1S/C21H19ClF2N2O2/c22-17-11-15-12(5-8-26-20(15)27)9-19(17)28-14-3-6-21(25,7-4-14)16-2-1-13(23)10-18(16)24/h1-2,5,8-11,14H,3-4,6-7,25H2,(H,26,27). The zero-order valence-corrected chi connectivity index (χ0v) is 15.7. The van der Waals surface area contributed by atoms with Crippen molar-refractivity contribution in [3.8, 4) is 5.75 Å². The monoisotopic (exact) mass is 404 g/mol. The Kier molecular flexibility index (Phi) is 4.85. The zero-order chi connectivity index (χ0) is 19.9. The Morgan fingerprint density at radius 1 is 1.14 bits per heavy atom. The van der Waals surface area contributed by atoms with Gasteiger partial charge >= 0.3 is 0 Å². The van der Waals surface area contributed by atoms with Gasteiger partial charge < -0.3 is 15.5 Å². The molecule has 1 fully saturated rings. The van der Waals surface area contributed by atoms with E-state index in [2.05, 4.69) is 4.98 Å². The Bertz CT molecular complexity index is 1090. The van der Waals surface area contributed by atoms with E-state index >= 15 is 0 Å². The fourth-order valence-electron chi connectivity index (χ4n) is 3.85. The number of hydrogen-bond acceptors (Lipinski definition) is 3. The molecule has 1 saturated carbocycles. The van der Waals surface area contributed by atoms with Crippen molar-refractivity contribution in [2.45, 2.75) is 37.3 Å². The fraction of sp³-hybridized carbons (Fsp3) is 0.286. The Hall–Kier alpha value is -2.44. The van der Waals surface area contributed by atoms with Crippen LogP contribution in [-0.2, 0) is 5.54 Å². The number of rotatable bonds is 3. The summed E-state index contributed by atoms with van der Waals surface area (Å²) in [6, 6.07) is 8.63.